The largest absolute Gasteiger partial charge is 0.461 e. The number of hydrogen-bond donors (Lipinski definition) is 1. The lowest BCUT2D eigenvalue weighted by atomic mass is 9.79. The first-order valence-corrected chi connectivity index (χ1v) is 27.8. The number of nitrogens with zero attached hydrogens (tertiary/aromatic N) is 8. The SMILES string of the molecule is C#Cc1c(F)ccc2cccc(-c3nc4c5c(nc(OC[C@@]67CCCN6[C@H](COC(=O)N6CCC(C8CCN(c9ccc%10c(c9)CN(C9CCC(=O)NC9=O)C%10=O)CC8)CC6)CC7)nc5c3F)N3CCCOC[C@@H]3CC4)c12. The van der Waals surface area contributed by atoms with E-state index in [1.165, 1.54) is 6.07 Å². The summed E-state index contributed by atoms with van der Waals surface area (Å²) in [7, 11) is 0. The van der Waals surface area contributed by atoms with Gasteiger partial charge in [-0.3, -0.25) is 24.6 Å². The molecule has 2 aromatic heterocycles. The van der Waals surface area contributed by atoms with Gasteiger partial charge in [-0.1, -0.05) is 30.2 Å². The average Bonchev–Trinajstić information content (AvgIpc) is 4.07. The molecule has 0 aliphatic carbocycles. The number of rotatable bonds is 9. The number of halogens is 2. The summed E-state index contributed by atoms with van der Waals surface area (Å²) in [6.45, 7) is 6.76. The second-order valence-electron chi connectivity index (χ2n) is 22.5. The first-order valence-electron chi connectivity index (χ1n) is 27.8. The zero-order chi connectivity index (χ0) is 52.5. The van der Waals surface area contributed by atoms with Gasteiger partial charge in [0.15, 0.2) is 5.82 Å². The summed E-state index contributed by atoms with van der Waals surface area (Å²) in [5, 5.41) is 4.03. The molecule has 0 radical (unpaired) electrons. The van der Waals surface area contributed by atoms with Gasteiger partial charge in [0.05, 0.1) is 34.8 Å². The van der Waals surface area contributed by atoms with E-state index in [0.717, 1.165) is 88.7 Å². The topological polar surface area (TPSA) is 163 Å². The van der Waals surface area contributed by atoms with Gasteiger partial charge in [-0.05, 0) is 131 Å². The van der Waals surface area contributed by atoms with Crippen molar-refractivity contribution >= 4 is 57.0 Å². The summed E-state index contributed by atoms with van der Waals surface area (Å²) in [6, 6.07) is 13.8. The maximum Gasteiger partial charge on any atom is 0.409 e. The Morgan fingerprint density at radius 2 is 1.68 bits per heavy atom. The lowest BCUT2D eigenvalue weighted by Crippen LogP contribution is -2.52. The fraction of sp³-hybridized carbons (Fsp3) is 0.508. The molecule has 1 N–H and O–H groups in total. The molecule has 6 fully saturated rings. The van der Waals surface area contributed by atoms with Crippen molar-refractivity contribution in [3.8, 4) is 29.6 Å². The number of ether oxygens (including phenoxy) is 3. The molecule has 8 aliphatic rings. The predicted octanol–water partition coefficient (Wildman–Crippen LogP) is 7.55. The summed E-state index contributed by atoms with van der Waals surface area (Å²) >= 11 is 0. The third kappa shape index (κ3) is 8.87. The van der Waals surface area contributed by atoms with Crippen LogP contribution in [0.1, 0.15) is 104 Å². The number of benzene rings is 3. The van der Waals surface area contributed by atoms with E-state index >= 15 is 8.78 Å². The number of imide groups is 1. The zero-order valence-corrected chi connectivity index (χ0v) is 43.2. The van der Waals surface area contributed by atoms with Crippen molar-refractivity contribution in [3.05, 3.63) is 82.5 Å². The molecule has 0 bridgehead atoms. The van der Waals surface area contributed by atoms with Gasteiger partial charge in [0, 0.05) is 80.5 Å². The van der Waals surface area contributed by atoms with E-state index in [1.807, 2.05) is 23.1 Å². The fourth-order valence-corrected chi connectivity index (χ4v) is 14.4. The summed E-state index contributed by atoms with van der Waals surface area (Å²) in [4.78, 5) is 76.6. The van der Waals surface area contributed by atoms with Crippen molar-refractivity contribution in [2.24, 2.45) is 11.8 Å². The lowest BCUT2D eigenvalue weighted by molar-refractivity contribution is -0.136. The normalized spacial score (nSPS) is 25.1. The fourth-order valence-electron chi connectivity index (χ4n) is 14.4. The number of piperidine rings is 3. The molecule has 400 valence electrons. The lowest BCUT2D eigenvalue weighted by Gasteiger charge is -2.40. The third-order valence-electron chi connectivity index (χ3n) is 18.4. The first-order chi connectivity index (χ1) is 37.5. The maximum atomic E-state index is 17.4. The Hall–Kier alpha value is -6.97. The second-order valence-corrected chi connectivity index (χ2v) is 22.5. The van der Waals surface area contributed by atoms with Gasteiger partial charge in [0.1, 0.15) is 42.1 Å². The molecule has 1 unspecified atom stereocenters. The van der Waals surface area contributed by atoms with Gasteiger partial charge >= 0.3 is 12.1 Å². The predicted molar refractivity (Wildman–Crippen MR) is 283 cm³/mol. The molecule has 77 heavy (non-hydrogen) atoms. The number of carbonyl (C=O) groups excluding carboxylic acids is 4. The number of aryl methyl sites for hydroxylation is 1. The van der Waals surface area contributed by atoms with Gasteiger partial charge in [-0.25, -0.2) is 18.6 Å². The Labute approximate surface area is 445 Å². The van der Waals surface area contributed by atoms with E-state index in [9.17, 15) is 19.2 Å². The van der Waals surface area contributed by atoms with Crippen LogP contribution in [0.5, 0.6) is 6.01 Å². The highest BCUT2D eigenvalue weighted by Gasteiger charge is 2.51. The van der Waals surface area contributed by atoms with Crippen molar-refractivity contribution in [3.63, 3.8) is 0 Å². The van der Waals surface area contributed by atoms with E-state index in [1.54, 1.807) is 23.1 Å². The molecular weight excluding hydrogens is 985 g/mol. The molecule has 5 aromatic rings. The van der Waals surface area contributed by atoms with Crippen LogP contribution in [-0.4, -0.2) is 143 Å². The smallest absolute Gasteiger partial charge is 0.409 e. The van der Waals surface area contributed by atoms with Crippen LogP contribution in [-0.2, 0) is 32.0 Å². The number of terminal acetylenes is 1. The number of fused-ring (bicyclic) bond motifs is 5. The third-order valence-corrected chi connectivity index (χ3v) is 18.4. The molecule has 10 heterocycles. The summed E-state index contributed by atoms with van der Waals surface area (Å²) in [5.74, 6) is 2.12. The maximum absolute atomic E-state index is 17.4. The molecule has 13 rings (SSSR count). The van der Waals surface area contributed by atoms with Crippen molar-refractivity contribution in [2.75, 3.05) is 75.5 Å². The summed E-state index contributed by atoms with van der Waals surface area (Å²) in [5.41, 5.74) is 3.57. The average molecular weight is 1050 g/mol. The zero-order valence-electron chi connectivity index (χ0n) is 43.2. The summed E-state index contributed by atoms with van der Waals surface area (Å²) < 4.78 is 51.4. The molecule has 4 atom stereocenters. The molecule has 18 heteroatoms. The highest BCUT2D eigenvalue weighted by molar-refractivity contribution is 6.06. The standard InChI is InChI=1S/C59H63F2N9O7/c1-2-42-45(60)12-8-37-6-3-7-44(49(37)42)52-51(61)53-50-46(62-52)13-10-40-32-75-29-5-23-68(40)54(50)65-57(64-53)77-34-59-21-4-24-70(59)41(16-22-59)33-76-58(74)67-27-19-36(20-28-67)35-17-25-66(26-18-35)39-9-11-43-38(30-39)31-69(56(43)73)47-14-15-48(71)63-55(47)72/h1,3,6-9,11-12,30,35-36,40-41,47H,4-5,10,13-29,31-34H2,(H,63,71,72)/t40-,41-,47?,59-/m0/s1. The number of aromatic nitrogens is 3. The molecule has 6 saturated heterocycles. The Balaban J connectivity index is 0.642. The Bertz CT molecular complexity index is 3260. The number of likely N-dealkylation sites (tertiary alicyclic amines) is 1. The molecule has 0 saturated carbocycles. The summed E-state index contributed by atoms with van der Waals surface area (Å²) in [6.07, 6.45) is 15.8. The molecule has 0 spiro atoms. The minimum absolute atomic E-state index is 0.00883. The number of anilines is 2. The van der Waals surface area contributed by atoms with Gasteiger partial charge < -0.3 is 33.8 Å². The van der Waals surface area contributed by atoms with E-state index in [4.69, 9.17) is 35.6 Å². The van der Waals surface area contributed by atoms with Crippen LogP contribution in [0.2, 0.25) is 0 Å². The monoisotopic (exact) mass is 1050 g/mol. The van der Waals surface area contributed by atoms with Crippen LogP contribution in [0.15, 0.2) is 48.5 Å². The highest BCUT2D eigenvalue weighted by atomic mass is 19.1. The van der Waals surface area contributed by atoms with Gasteiger partial charge in [0.25, 0.3) is 5.91 Å². The quantitative estimate of drug-likeness (QED) is 0.114. The van der Waals surface area contributed by atoms with Crippen LogP contribution in [0.25, 0.3) is 32.9 Å². The van der Waals surface area contributed by atoms with Crippen LogP contribution < -0.4 is 19.9 Å². The van der Waals surface area contributed by atoms with E-state index in [0.29, 0.717) is 123 Å². The van der Waals surface area contributed by atoms with Crippen LogP contribution in [0, 0.1) is 35.8 Å². The van der Waals surface area contributed by atoms with Crippen molar-refractivity contribution in [1.82, 2.24) is 35.0 Å². The Kier molecular flexibility index (Phi) is 13.0. The number of hydrogen-bond acceptors (Lipinski definition) is 13. The van der Waals surface area contributed by atoms with Crippen LogP contribution >= 0.6 is 0 Å². The minimum Gasteiger partial charge on any atom is -0.461 e. The van der Waals surface area contributed by atoms with E-state index in [-0.39, 0.29) is 64.7 Å². The van der Waals surface area contributed by atoms with Gasteiger partial charge in [-0.15, -0.1) is 6.42 Å². The number of pyridine rings is 1. The first kappa shape index (κ1) is 49.6. The number of carbonyl (C=O) groups is 4. The molecule has 4 amide bonds. The van der Waals surface area contributed by atoms with E-state index in [2.05, 4.69) is 32.0 Å². The second kappa shape index (κ2) is 20.1. The van der Waals surface area contributed by atoms with Crippen LogP contribution in [0.4, 0.5) is 25.1 Å². The van der Waals surface area contributed by atoms with Crippen LogP contribution in [0.3, 0.4) is 0 Å². The highest BCUT2D eigenvalue weighted by Crippen LogP contribution is 2.45. The Morgan fingerprint density at radius 3 is 2.49 bits per heavy atom. The molecular formula is C59H63F2N9O7. The molecule has 16 nitrogen and oxygen atoms in total. The van der Waals surface area contributed by atoms with Gasteiger partial charge in [-0.2, -0.15) is 9.97 Å². The van der Waals surface area contributed by atoms with Crippen molar-refractivity contribution in [1.29, 1.82) is 0 Å². The minimum atomic E-state index is -0.646. The molecule has 3 aromatic carbocycles. The number of nitrogens with one attached hydrogen (secondary N) is 1. The van der Waals surface area contributed by atoms with Crippen molar-refractivity contribution < 1.29 is 42.2 Å². The van der Waals surface area contributed by atoms with E-state index < -0.39 is 23.6 Å². The number of amides is 4. The molecule has 8 aliphatic heterocycles. The Morgan fingerprint density at radius 1 is 0.844 bits per heavy atom. The van der Waals surface area contributed by atoms with Gasteiger partial charge in [0.2, 0.25) is 11.8 Å². The van der Waals surface area contributed by atoms with Crippen molar-refractivity contribution in [2.45, 2.75) is 114 Å².